The number of nitrogens with one attached hydrogen (secondary N) is 1. The van der Waals surface area contributed by atoms with Crippen molar-refractivity contribution < 1.29 is 4.42 Å². The molecule has 4 heteroatoms. The molecule has 0 amide bonds. The van der Waals surface area contributed by atoms with Gasteiger partial charge < -0.3 is 9.73 Å². The van der Waals surface area contributed by atoms with Crippen molar-refractivity contribution in [3.8, 4) is 0 Å². The first-order valence-electron chi connectivity index (χ1n) is 7.52. The maximum absolute atomic E-state index is 11.7. The summed E-state index contributed by atoms with van der Waals surface area (Å²) in [6, 6.07) is 13.6. The summed E-state index contributed by atoms with van der Waals surface area (Å²) >= 11 is 6.20. The average Bonchev–Trinajstić information content (AvgIpc) is 2.51. The fourth-order valence-corrected chi connectivity index (χ4v) is 2.71. The predicted octanol–water partition coefficient (Wildman–Crippen LogP) is 4.35. The summed E-state index contributed by atoms with van der Waals surface area (Å²) in [6.45, 7) is 5.28. The van der Waals surface area contributed by atoms with Crippen LogP contribution in [0.1, 0.15) is 22.3 Å². The molecule has 3 rings (SSSR count). The summed E-state index contributed by atoms with van der Waals surface area (Å²) in [7, 11) is 0. The molecular weight excluding hydrogens is 310 g/mol. The molecule has 0 bridgehead atoms. The quantitative estimate of drug-likeness (QED) is 0.724. The number of benzene rings is 2. The third kappa shape index (κ3) is 3.63. The monoisotopic (exact) mass is 327 g/mol. The van der Waals surface area contributed by atoms with E-state index in [2.05, 4.69) is 36.5 Å². The predicted molar refractivity (Wildman–Crippen MR) is 94.0 cm³/mol. The van der Waals surface area contributed by atoms with Crippen molar-refractivity contribution in [1.29, 1.82) is 0 Å². The maximum Gasteiger partial charge on any atom is 0.336 e. The minimum atomic E-state index is -0.341. The van der Waals surface area contributed by atoms with Gasteiger partial charge in [-0.15, -0.1) is 0 Å². The van der Waals surface area contributed by atoms with Gasteiger partial charge in [0.25, 0.3) is 0 Å². The van der Waals surface area contributed by atoms with Crippen molar-refractivity contribution in [2.45, 2.75) is 26.9 Å². The molecule has 0 saturated carbocycles. The van der Waals surface area contributed by atoms with Crippen molar-refractivity contribution in [1.82, 2.24) is 5.32 Å². The molecule has 0 radical (unpaired) electrons. The van der Waals surface area contributed by atoms with E-state index in [0.29, 0.717) is 17.2 Å². The lowest BCUT2D eigenvalue weighted by atomic mass is 10.1. The Morgan fingerprint density at radius 1 is 1.04 bits per heavy atom. The van der Waals surface area contributed by atoms with Gasteiger partial charge in [0.05, 0.1) is 0 Å². The number of halogens is 1. The van der Waals surface area contributed by atoms with E-state index in [1.807, 2.05) is 19.1 Å². The highest BCUT2D eigenvalue weighted by atomic mass is 35.5. The molecule has 118 valence electrons. The first kappa shape index (κ1) is 15.8. The standard InChI is InChI=1S/C19H18ClNO2/c1-12-3-5-14(6-4-12)10-21-11-15-8-19(22)23-18-7-13(2)17(20)9-16(15)18/h3-9,21H,10-11H2,1-2H3. The summed E-state index contributed by atoms with van der Waals surface area (Å²) in [5.41, 5.74) is 4.47. The zero-order chi connectivity index (χ0) is 16.4. The normalized spacial score (nSPS) is 11.1. The molecule has 1 aromatic heterocycles. The fourth-order valence-electron chi connectivity index (χ4n) is 2.54. The molecule has 3 aromatic rings. The maximum atomic E-state index is 11.7. The van der Waals surface area contributed by atoms with Crippen molar-refractivity contribution in [2.75, 3.05) is 0 Å². The highest BCUT2D eigenvalue weighted by molar-refractivity contribution is 6.32. The van der Waals surface area contributed by atoms with Crippen LogP contribution in [0.5, 0.6) is 0 Å². The Kier molecular flexibility index (Phi) is 4.51. The Balaban J connectivity index is 1.83. The molecule has 3 nitrogen and oxygen atoms in total. The third-order valence-electron chi connectivity index (χ3n) is 3.87. The number of rotatable bonds is 4. The van der Waals surface area contributed by atoms with Crippen LogP contribution in [0, 0.1) is 13.8 Å². The van der Waals surface area contributed by atoms with E-state index in [1.165, 1.54) is 17.2 Å². The summed E-state index contributed by atoms with van der Waals surface area (Å²) in [4.78, 5) is 11.7. The van der Waals surface area contributed by atoms with E-state index in [0.717, 1.165) is 23.1 Å². The number of aryl methyl sites for hydroxylation is 2. The Labute approximate surface area is 139 Å². The third-order valence-corrected chi connectivity index (χ3v) is 4.28. The van der Waals surface area contributed by atoms with Crippen LogP contribution in [0.15, 0.2) is 51.7 Å². The molecule has 23 heavy (non-hydrogen) atoms. The molecule has 0 aliphatic carbocycles. The van der Waals surface area contributed by atoms with Crippen LogP contribution in [0.4, 0.5) is 0 Å². The smallest absolute Gasteiger partial charge is 0.336 e. The second-order valence-electron chi connectivity index (χ2n) is 5.78. The van der Waals surface area contributed by atoms with Crippen LogP contribution in [0.3, 0.4) is 0 Å². The molecule has 1 N–H and O–H groups in total. The van der Waals surface area contributed by atoms with Gasteiger partial charge in [-0.1, -0.05) is 41.4 Å². The van der Waals surface area contributed by atoms with Gasteiger partial charge in [0.15, 0.2) is 0 Å². The molecule has 1 heterocycles. The lowest BCUT2D eigenvalue weighted by Crippen LogP contribution is -2.14. The van der Waals surface area contributed by atoms with E-state index in [4.69, 9.17) is 16.0 Å². The first-order chi connectivity index (χ1) is 11.0. The molecule has 0 spiro atoms. The minimum Gasteiger partial charge on any atom is -0.423 e. The number of fused-ring (bicyclic) bond motifs is 1. The zero-order valence-corrected chi connectivity index (χ0v) is 13.9. The Bertz CT molecular complexity index is 898. The Morgan fingerprint density at radius 2 is 1.78 bits per heavy atom. The van der Waals surface area contributed by atoms with Gasteiger partial charge >= 0.3 is 5.63 Å². The van der Waals surface area contributed by atoms with Gasteiger partial charge in [-0.05, 0) is 42.7 Å². The van der Waals surface area contributed by atoms with Crippen LogP contribution in [0.2, 0.25) is 5.02 Å². The second-order valence-corrected chi connectivity index (χ2v) is 6.18. The van der Waals surface area contributed by atoms with E-state index in [1.54, 1.807) is 0 Å². The van der Waals surface area contributed by atoms with Crippen LogP contribution in [-0.2, 0) is 13.1 Å². The van der Waals surface area contributed by atoms with E-state index < -0.39 is 0 Å². The SMILES string of the molecule is Cc1ccc(CNCc2cc(=O)oc3cc(C)c(Cl)cc23)cc1. The molecule has 0 aliphatic rings. The Hall–Kier alpha value is -2.10. The van der Waals surface area contributed by atoms with Crippen LogP contribution in [-0.4, -0.2) is 0 Å². The highest BCUT2D eigenvalue weighted by Gasteiger charge is 2.08. The number of hydrogen-bond donors (Lipinski definition) is 1. The van der Waals surface area contributed by atoms with Gasteiger partial charge in [0.2, 0.25) is 0 Å². The Morgan fingerprint density at radius 3 is 2.52 bits per heavy atom. The molecule has 2 aromatic carbocycles. The van der Waals surface area contributed by atoms with E-state index in [-0.39, 0.29) is 5.63 Å². The second kappa shape index (κ2) is 6.57. The summed E-state index contributed by atoms with van der Waals surface area (Å²) in [5, 5.41) is 4.91. The first-order valence-corrected chi connectivity index (χ1v) is 7.90. The van der Waals surface area contributed by atoms with E-state index in [9.17, 15) is 4.79 Å². The minimum absolute atomic E-state index is 0.341. The highest BCUT2D eigenvalue weighted by Crippen LogP contribution is 2.25. The van der Waals surface area contributed by atoms with Crippen LogP contribution < -0.4 is 10.9 Å². The molecule has 0 saturated heterocycles. The largest absolute Gasteiger partial charge is 0.423 e. The lowest BCUT2D eigenvalue weighted by Gasteiger charge is -2.09. The summed E-state index contributed by atoms with van der Waals surface area (Å²) in [5.74, 6) is 0. The topological polar surface area (TPSA) is 42.2 Å². The fraction of sp³-hybridized carbons (Fsp3) is 0.211. The lowest BCUT2D eigenvalue weighted by molar-refractivity contribution is 0.556. The van der Waals surface area contributed by atoms with Gasteiger partial charge in [-0.3, -0.25) is 0 Å². The van der Waals surface area contributed by atoms with Gasteiger partial charge in [-0.25, -0.2) is 4.79 Å². The van der Waals surface area contributed by atoms with Crippen LogP contribution in [0.25, 0.3) is 11.0 Å². The molecule has 0 unspecified atom stereocenters. The molecule has 0 aliphatic heterocycles. The van der Waals surface area contributed by atoms with Crippen molar-refractivity contribution >= 4 is 22.6 Å². The van der Waals surface area contributed by atoms with E-state index >= 15 is 0 Å². The zero-order valence-electron chi connectivity index (χ0n) is 13.2. The summed E-state index contributed by atoms with van der Waals surface area (Å²) in [6.07, 6.45) is 0. The summed E-state index contributed by atoms with van der Waals surface area (Å²) < 4.78 is 5.27. The van der Waals surface area contributed by atoms with Gasteiger partial charge in [0.1, 0.15) is 5.58 Å². The molecule has 0 atom stereocenters. The van der Waals surface area contributed by atoms with Gasteiger partial charge in [0, 0.05) is 29.6 Å². The van der Waals surface area contributed by atoms with Crippen molar-refractivity contribution in [3.05, 3.63) is 80.2 Å². The molecule has 0 fully saturated rings. The van der Waals surface area contributed by atoms with Gasteiger partial charge in [-0.2, -0.15) is 0 Å². The molecular formula is C19H18ClNO2. The average molecular weight is 328 g/mol. The van der Waals surface area contributed by atoms with Crippen LogP contribution >= 0.6 is 11.6 Å². The number of hydrogen-bond acceptors (Lipinski definition) is 3. The van der Waals surface area contributed by atoms with Crippen molar-refractivity contribution in [3.63, 3.8) is 0 Å². The van der Waals surface area contributed by atoms with Crippen molar-refractivity contribution in [2.24, 2.45) is 0 Å².